The summed E-state index contributed by atoms with van der Waals surface area (Å²) >= 11 is 0. The van der Waals surface area contributed by atoms with Gasteiger partial charge in [-0.2, -0.15) is 0 Å². The van der Waals surface area contributed by atoms with Crippen LogP contribution in [0.1, 0.15) is 34.5 Å². The van der Waals surface area contributed by atoms with Gasteiger partial charge in [-0.05, 0) is 55.3 Å². The summed E-state index contributed by atoms with van der Waals surface area (Å²) < 4.78 is 2.04. The number of nitrogens with one attached hydrogen (secondary N) is 1. The Morgan fingerprint density at radius 1 is 1.00 bits per heavy atom. The molecule has 3 aromatic carbocycles. The summed E-state index contributed by atoms with van der Waals surface area (Å²) in [5, 5.41) is 2.73. The lowest BCUT2D eigenvalue weighted by Crippen LogP contribution is -2.39. The fraction of sp³-hybridized carbons (Fsp3) is 0.192. The first-order valence-corrected chi connectivity index (χ1v) is 10.6. The Morgan fingerprint density at radius 3 is 2.44 bits per heavy atom. The zero-order valence-electron chi connectivity index (χ0n) is 18.4. The largest absolute Gasteiger partial charge is 0.343 e. The van der Waals surface area contributed by atoms with E-state index in [4.69, 9.17) is 0 Å². The number of nitrogens with zero attached hydrogens (tertiary/aromatic N) is 3. The third kappa shape index (κ3) is 4.25. The number of hydrogen-bond donors (Lipinski definition) is 1. The average molecular weight is 427 g/mol. The number of carbonyl (C=O) groups is 2. The molecule has 1 aromatic heterocycles. The van der Waals surface area contributed by atoms with Gasteiger partial charge in [-0.15, -0.1) is 0 Å². The maximum absolute atomic E-state index is 12.7. The monoisotopic (exact) mass is 426 g/mol. The van der Waals surface area contributed by atoms with Gasteiger partial charge in [0.1, 0.15) is 6.33 Å². The lowest BCUT2D eigenvalue weighted by molar-refractivity contribution is -0.130. The fourth-order valence-corrected chi connectivity index (χ4v) is 3.72. The molecule has 0 aliphatic carbocycles. The summed E-state index contributed by atoms with van der Waals surface area (Å²) in [7, 11) is 1.75. The van der Waals surface area contributed by atoms with Crippen molar-refractivity contribution in [1.82, 2.24) is 19.8 Å². The van der Waals surface area contributed by atoms with Gasteiger partial charge in [0.25, 0.3) is 5.91 Å². The van der Waals surface area contributed by atoms with Gasteiger partial charge in [-0.3, -0.25) is 14.2 Å². The molecular formula is C26H26N4O2. The van der Waals surface area contributed by atoms with Crippen LogP contribution in [0.3, 0.4) is 0 Å². The van der Waals surface area contributed by atoms with E-state index < -0.39 is 0 Å². The number of fused-ring (bicyclic) bond motifs is 1. The lowest BCUT2D eigenvalue weighted by Gasteiger charge is -2.26. The van der Waals surface area contributed by atoms with E-state index in [1.54, 1.807) is 18.0 Å². The highest BCUT2D eigenvalue weighted by molar-refractivity contribution is 5.97. The van der Waals surface area contributed by atoms with Crippen molar-refractivity contribution in [2.45, 2.75) is 19.9 Å². The third-order valence-electron chi connectivity index (χ3n) is 5.87. The molecule has 0 bridgehead atoms. The molecule has 0 aliphatic rings. The molecule has 0 aliphatic heterocycles. The van der Waals surface area contributed by atoms with Crippen LogP contribution in [0.4, 0.5) is 0 Å². The molecule has 1 N–H and O–H groups in total. The van der Waals surface area contributed by atoms with Crippen molar-refractivity contribution >= 4 is 22.8 Å². The third-order valence-corrected chi connectivity index (χ3v) is 5.87. The Hall–Kier alpha value is -3.93. The van der Waals surface area contributed by atoms with Gasteiger partial charge >= 0.3 is 0 Å². The molecule has 1 heterocycles. The lowest BCUT2D eigenvalue weighted by atomic mass is 10.1. The van der Waals surface area contributed by atoms with E-state index in [9.17, 15) is 9.59 Å². The number of carbonyl (C=O) groups excluding carboxylic acids is 2. The van der Waals surface area contributed by atoms with E-state index in [1.165, 1.54) is 0 Å². The number of para-hydroxylation sites is 2. The molecule has 1 unspecified atom stereocenters. The summed E-state index contributed by atoms with van der Waals surface area (Å²) in [5.41, 5.74) is 5.48. The molecule has 2 amide bonds. The van der Waals surface area contributed by atoms with Crippen LogP contribution in [0, 0.1) is 6.92 Å². The Kier molecular flexibility index (Phi) is 6.03. The van der Waals surface area contributed by atoms with Gasteiger partial charge < -0.3 is 10.2 Å². The maximum atomic E-state index is 12.7. The van der Waals surface area contributed by atoms with E-state index in [2.05, 4.69) is 10.3 Å². The summed E-state index contributed by atoms with van der Waals surface area (Å²) in [4.78, 5) is 31.2. The van der Waals surface area contributed by atoms with Crippen molar-refractivity contribution in [3.8, 4) is 5.69 Å². The van der Waals surface area contributed by atoms with E-state index in [0.717, 1.165) is 27.8 Å². The van der Waals surface area contributed by atoms with Crippen LogP contribution >= 0.6 is 0 Å². The minimum Gasteiger partial charge on any atom is -0.343 e. The fourth-order valence-electron chi connectivity index (χ4n) is 3.72. The number of likely N-dealkylation sites (N-methyl/N-ethyl adjacent to an activating group) is 1. The van der Waals surface area contributed by atoms with E-state index in [-0.39, 0.29) is 24.4 Å². The van der Waals surface area contributed by atoms with E-state index in [0.29, 0.717) is 5.56 Å². The normalized spacial score (nSPS) is 11.8. The quantitative estimate of drug-likeness (QED) is 0.500. The number of benzene rings is 3. The Labute approximate surface area is 187 Å². The summed E-state index contributed by atoms with van der Waals surface area (Å²) in [6.07, 6.45) is 1.82. The topological polar surface area (TPSA) is 67.2 Å². The van der Waals surface area contributed by atoms with Gasteiger partial charge in [0.05, 0.1) is 23.6 Å². The molecule has 162 valence electrons. The minimum atomic E-state index is -0.241. The van der Waals surface area contributed by atoms with Crippen LogP contribution in [0.5, 0.6) is 0 Å². The van der Waals surface area contributed by atoms with Crippen LogP contribution in [0.15, 0.2) is 79.1 Å². The summed E-state index contributed by atoms with van der Waals surface area (Å²) in [5.74, 6) is -0.390. The zero-order chi connectivity index (χ0) is 22.7. The zero-order valence-corrected chi connectivity index (χ0v) is 18.4. The molecule has 0 saturated heterocycles. The number of aromatic nitrogens is 2. The van der Waals surface area contributed by atoms with Crippen molar-refractivity contribution in [3.63, 3.8) is 0 Å². The molecule has 0 fully saturated rings. The second-order valence-corrected chi connectivity index (χ2v) is 7.87. The standard InChI is InChI=1S/C26H26N4O2/c1-18-8-4-5-9-22(18)26(32)27-16-25(31)29(3)19(2)20-12-14-21(15-13-20)30-17-28-23-10-6-7-11-24(23)30/h4-15,17,19H,16H2,1-3H3,(H,27,32). The van der Waals surface area contributed by atoms with Crippen LogP contribution in [0.25, 0.3) is 16.7 Å². The van der Waals surface area contributed by atoms with E-state index in [1.807, 2.05) is 91.5 Å². The van der Waals surface area contributed by atoms with Gasteiger partial charge in [0.15, 0.2) is 0 Å². The maximum Gasteiger partial charge on any atom is 0.251 e. The van der Waals surface area contributed by atoms with Crippen molar-refractivity contribution in [2.75, 3.05) is 13.6 Å². The highest BCUT2D eigenvalue weighted by Crippen LogP contribution is 2.23. The first kappa shape index (κ1) is 21.3. The summed E-state index contributed by atoms with van der Waals surface area (Å²) in [6, 6.07) is 23.3. The van der Waals surface area contributed by atoms with Crippen molar-refractivity contribution in [1.29, 1.82) is 0 Å². The molecule has 0 saturated carbocycles. The Balaban J connectivity index is 1.41. The SMILES string of the molecule is Cc1ccccc1C(=O)NCC(=O)N(C)C(C)c1ccc(-n2cnc3ccccc32)cc1. The first-order valence-electron chi connectivity index (χ1n) is 10.6. The van der Waals surface area contributed by atoms with Crippen LogP contribution in [-0.2, 0) is 4.79 Å². The number of amides is 2. The Morgan fingerprint density at radius 2 is 1.69 bits per heavy atom. The summed E-state index contributed by atoms with van der Waals surface area (Å²) in [6.45, 7) is 3.80. The van der Waals surface area contributed by atoms with Gasteiger partial charge in [0.2, 0.25) is 5.91 Å². The molecule has 1 atom stereocenters. The second-order valence-electron chi connectivity index (χ2n) is 7.87. The number of imidazole rings is 1. The van der Waals surface area contributed by atoms with Crippen molar-refractivity contribution in [2.24, 2.45) is 0 Å². The number of hydrogen-bond acceptors (Lipinski definition) is 3. The highest BCUT2D eigenvalue weighted by atomic mass is 16.2. The minimum absolute atomic E-state index is 0.0485. The predicted molar refractivity (Wildman–Crippen MR) is 126 cm³/mol. The molecule has 0 spiro atoms. The van der Waals surface area contributed by atoms with Crippen LogP contribution in [0.2, 0.25) is 0 Å². The molecular weight excluding hydrogens is 400 g/mol. The highest BCUT2D eigenvalue weighted by Gasteiger charge is 2.19. The Bertz CT molecular complexity index is 1260. The number of aryl methyl sites for hydroxylation is 1. The van der Waals surface area contributed by atoms with Crippen LogP contribution < -0.4 is 5.32 Å². The van der Waals surface area contributed by atoms with Gasteiger partial charge in [0, 0.05) is 18.3 Å². The molecule has 6 nitrogen and oxygen atoms in total. The van der Waals surface area contributed by atoms with Gasteiger partial charge in [-0.1, -0.05) is 42.5 Å². The second kappa shape index (κ2) is 9.06. The van der Waals surface area contributed by atoms with Crippen molar-refractivity contribution in [3.05, 3.63) is 95.8 Å². The molecule has 6 heteroatoms. The van der Waals surface area contributed by atoms with Crippen LogP contribution in [-0.4, -0.2) is 39.9 Å². The molecule has 0 radical (unpaired) electrons. The molecule has 32 heavy (non-hydrogen) atoms. The van der Waals surface area contributed by atoms with Gasteiger partial charge in [-0.25, -0.2) is 4.98 Å². The molecule has 4 aromatic rings. The predicted octanol–water partition coefficient (Wildman–Crippen LogP) is 4.28. The number of rotatable bonds is 6. The average Bonchev–Trinajstić information content (AvgIpc) is 3.26. The first-order chi connectivity index (χ1) is 15.5. The van der Waals surface area contributed by atoms with E-state index >= 15 is 0 Å². The molecule has 4 rings (SSSR count). The smallest absolute Gasteiger partial charge is 0.251 e. The van der Waals surface area contributed by atoms with Crippen molar-refractivity contribution < 1.29 is 9.59 Å².